The number of benzene rings is 8. The zero-order chi connectivity index (χ0) is 37.0. The Balaban J connectivity index is 0.950. The maximum absolute atomic E-state index is 6.62. The highest BCUT2D eigenvalue weighted by Crippen LogP contribution is 2.38. The van der Waals surface area contributed by atoms with Gasteiger partial charge in [-0.15, -0.1) is 0 Å². The monoisotopic (exact) mass is 716 g/mol. The van der Waals surface area contributed by atoms with E-state index in [0.29, 0.717) is 17.5 Å². The summed E-state index contributed by atoms with van der Waals surface area (Å²) in [5.41, 5.74) is 12.5. The third-order valence-corrected chi connectivity index (χ3v) is 10.7. The molecule has 3 heterocycles. The Hall–Kier alpha value is -7.63. The number of furan rings is 1. The Bertz CT molecular complexity index is 3160. The second-order valence-corrected chi connectivity index (χ2v) is 14.1. The summed E-state index contributed by atoms with van der Waals surface area (Å²) in [6.07, 6.45) is 0. The van der Waals surface area contributed by atoms with Gasteiger partial charge in [0.15, 0.2) is 17.5 Å². The largest absolute Gasteiger partial charge is 0.456 e. The highest BCUT2D eigenvalue weighted by Gasteiger charge is 2.17. The van der Waals surface area contributed by atoms with Crippen LogP contribution in [-0.2, 0) is 0 Å². The molecule has 5 heteroatoms. The second-order valence-electron chi connectivity index (χ2n) is 14.1. The van der Waals surface area contributed by atoms with Gasteiger partial charge in [-0.3, -0.25) is 0 Å². The van der Waals surface area contributed by atoms with Crippen LogP contribution in [0.25, 0.3) is 106 Å². The summed E-state index contributed by atoms with van der Waals surface area (Å²) in [7, 11) is 0. The predicted molar refractivity (Wildman–Crippen MR) is 229 cm³/mol. The number of hydrogen-bond donors (Lipinski definition) is 0. The van der Waals surface area contributed by atoms with E-state index >= 15 is 0 Å². The molecule has 0 unspecified atom stereocenters. The number of aromatic nitrogens is 4. The molecule has 262 valence electrons. The summed E-state index contributed by atoms with van der Waals surface area (Å²) in [4.78, 5) is 14.6. The molecule has 0 saturated heterocycles. The number of para-hydroxylation sites is 1. The van der Waals surface area contributed by atoms with Crippen molar-refractivity contribution >= 4 is 43.7 Å². The fourth-order valence-electron chi connectivity index (χ4n) is 7.90. The predicted octanol–water partition coefficient (Wildman–Crippen LogP) is 13.2. The van der Waals surface area contributed by atoms with Gasteiger partial charge in [-0.2, -0.15) is 0 Å². The molecule has 8 aromatic carbocycles. The van der Waals surface area contributed by atoms with Gasteiger partial charge in [0.05, 0.1) is 11.0 Å². The van der Waals surface area contributed by atoms with Crippen LogP contribution in [0.5, 0.6) is 0 Å². The number of nitrogens with zero attached hydrogens (tertiary/aromatic N) is 4. The lowest BCUT2D eigenvalue weighted by Gasteiger charge is -2.09. The van der Waals surface area contributed by atoms with Crippen molar-refractivity contribution in [2.75, 3.05) is 0 Å². The molecule has 0 radical (unpaired) electrons. The second kappa shape index (κ2) is 13.0. The van der Waals surface area contributed by atoms with E-state index in [-0.39, 0.29) is 0 Å². The molecule has 0 bridgehead atoms. The van der Waals surface area contributed by atoms with Crippen LogP contribution in [0.4, 0.5) is 0 Å². The summed E-state index contributed by atoms with van der Waals surface area (Å²) in [5.74, 6) is 1.92. The zero-order valence-corrected chi connectivity index (χ0v) is 30.2. The zero-order valence-electron chi connectivity index (χ0n) is 30.2. The van der Waals surface area contributed by atoms with E-state index in [0.717, 1.165) is 61.0 Å². The molecule has 0 spiro atoms. The van der Waals surface area contributed by atoms with Gasteiger partial charge in [0.2, 0.25) is 0 Å². The molecule has 11 aromatic rings. The van der Waals surface area contributed by atoms with Crippen LogP contribution in [0.15, 0.2) is 199 Å². The lowest BCUT2D eigenvalue weighted by molar-refractivity contribution is 0.669. The van der Waals surface area contributed by atoms with E-state index < -0.39 is 0 Å². The van der Waals surface area contributed by atoms with Gasteiger partial charge in [-0.1, -0.05) is 146 Å². The van der Waals surface area contributed by atoms with Crippen molar-refractivity contribution < 1.29 is 4.42 Å². The SMILES string of the molecule is c1ccc(-c2ccc3c(c2)c2ccccc2n3-c2ccc3c(c2)oc2cc(-c4ccc(-c5nc(-c6ccccc6)nc(-c6ccccc6)n5)cc4)ccc23)cc1. The van der Waals surface area contributed by atoms with Crippen LogP contribution in [-0.4, -0.2) is 19.5 Å². The Morgan fingerprint density at radius 3 is 1.41 bits per heavy atom. The quantitative estimate of drug-likeness (QED) is 0.172. The van der Waals surface area contributed by atoms with Gasteiger partial charge < -0.3 is 8.98 Å². The Labute approximate surface area is 322 Å². The molecule has 0 fully saturated rings. The summed E-state index contributed by atoms with van der Waals surface area (Å²) in [6.45, 7) is 0. The molecule has 5 nitrogen and oxygen atoms in total. The number of hydrogen-bond acceptors (Lipinski definition) is 4. The summed E-state index contributed by atoms with van der Waals surface area (Å²) < 4.78 is 8.96. The minimum atomic E-state index is 0.632. The van der Waals surface area contributed by atoms with Crippen molar-refractivity contribution in [3.8, 4) is 62.1 Å². The van der Waals surface area contributed by atoms with Crippen LogP contribution in [0.3, 0.4) is 0 Å². The van der Waals surface area contributed by atoms with Crippen molar-refractivity contribution in [2.24, 2.45) is 0 Å². The Morgan fingerprint density at radius 2 is 0.750 bits per heavy atom. The van der Waals surface area contributed by atoms with E-state index in [4.69, 9.17) is 19.4 Å². The van der Waals surface area contributed by atoms with Gasteiger partial charge in [0.1, 0.15) is 11.2 Å². The first kappa shape index (κ1) is 31.9. The van der Waals surface area contributed by atoms with E-state index in [2.05, 4.69) is 138 Å². The maximum atomic E-state index is 6.62. The van der Waals surface area contributed by atoms with E-state index in [1.165, 1.54) is 27.4 Å². The van der Waals surface area contributed by atoms with Gasteiger partial charge in [-0.05, 0) is 64.7 Å². The van der Waals surface area contributed by atoms with Crippen LogP contribution < -0.4 is 0 Å². The van der Waals surface area contributed by atoms with Crippen LogP contribution in [0.2, 0.25) is 0 Å². The molecule has 3 aromatic heterocycles. The van der Waals surface area contributed by atoms with Gasteiger partial charge in [0, 0.05) is 50.0 Å². The summed E-state index contributed by atoms with van der Waals surface area (Å²) in [5, 5.41) is 4.64. The van der Waals surface area contributed by atoms with Crippen LogP contribution >= 0.6 is 0 Å². The Morgan fingerprint density at radius 1 is 0.304 bits per heavy atom. The van der Waals surface area contributed by atoms with Crippen molar-refractivity contribution in [3.05, 3.63) is 194 Å². The van der Waals surface area contributed by atoms with Crippen LogP contribution in [0, 0.1) is 0 Å². The van der Waals surface area contributed by atoms with Crippen molar-refractivity contribution in [2.45, 2.75) is 0 Å². The molecule has 0 atom stereocenters. The minimum Gasteiger partial charge on any atom is -0.456 e. The smallest absolute Gasteiger partial charge is 0.164 e. The molecule has 0 aliphatic rings. The van der Waals surface area contributed by atoms with Crippen molar-refractivity contribution in [1.82, 2.24) is 19.5 Å². The topological polar surface area (TPSA) is 56.7 Å². The molecule has 0 aliphatic carbocycles. The van der Waals surface area contributed by atoms with E-state index in [9.17, 15) is 0 Å². The van der Waals surface area contributed by atoms with Crippen molar-refractivity contribution in [1.29, 1.82) is 0 Å². The van der Waals surface area contributed by atoms with E-state index in [1.54, 1.807) is 0 Å². The lowest BCUT2D eigenvalue weighted by atomic mass is 10.0. The van der Waals surface area contributed by atoms with Crippen LogP contribution in [0.1, 0.15) is 0 Å². The fourth-order valence-corrected chi connectivity index (χ4v) is 7.90. The maximum Gasteiger partial charge on any atom is 0.164 e. The Kier molecular flexibility index (Phi) is 7.42. The molecular formula is C51H32N4O. The third-order valence-electron chi connectivity index (χ3n) is 10.7. The molecule has 11 rings (SSSR count). The van der Waals surface area contributed by atoms with Gasteiger partial charge >= 0.3 is 0 Å². The average Bonchev–Trinajstić information content (AvgIpc) is 3.81. The number of rotatable bonds is 6. The first-order valence-electron chi connectivity index (χ1n) is 18.8. The third kappa shape index (κ3) is 5.45. The molecular weight excluding hydrogens is 685 g/mol. The van der Waals surface area contributed by atoms with Gasteiger partial charge in [-0.25, -0.2) is 15.0 Å². The normalized spacial score (nSPS) is 11.6. The molecule has 56 heavy (non-hydrogen) atoms. The number of fused-ring (bicyclic) bond motifs is 6. The van der Waals surface area contributed by atoms with E-state index in [1.807, 2.05) is 60.7 Å². The summed E-state index contributed by atoms with van der Waals surface area (Å²) >= 11 is 0. The molecule has 0 aliphatic heterocycles. The molecule has 0 amide bonds. The molecule has 0 N–H and O–H groups in total. The highest BCUT2D eigenvalue weighted by atomic mass is 16.3. The first-order chi connectivity index (χ1) is 27.7. The standard InChI is InChI=1S/C51H32N4O/c1-4-12-33(13-5-1)38-25-29-46-44(30-38)41-18-10-11-19-45(41)55(46)40-26-28-43-42-27-24-39(31-47(42)56-48(43)32-40)34-20-22-37(23-21-34)51-53-49(35-14-6-2-7-15-35)52-50(54-51)36-16-8-3-9-17-36/h1-32H. The summed E-state index contributed by atoms with van der Waals surface area (Å²) in [6, 6.07) is 67.5. The van der Waals surface area contributed by atoms with Crippen molar-refractivity contribution in [3.63, 3.8) is 0 Å². The lowest BCUT2D eigenvalue weighted by Crippen LogP contribution is -2.00. The first-order valence-corrected chi connectivity index (χ1v) is 18.8. The average molecular weight is 717 g/mol. The fraction of sp³-hybridized carbons (Fsp3) is 0. The molecule has 0 saturated carbocycles. The highest BCUT2D eigenvalue weighted by molar-refractivity contribution is 6.11. The minimum absolute atomic E-state index is 0.632. The van der Waals surface area contributed by atoms with Gasteiger partial charge in [0.25, 0.3) is 0 Å².